The van der Waals surface area contributed by atoms with E-state index < -0.39 is 0 Å². The Hall–Kier alpha value is -0.860. The highest BCUT2D eigenvalue weighted by Gasteiger charge is 2.01. The predicted octanol–water partition coefficient (Wildman–Crippen LogP) is 3.32. The van der Waals surface area contributed by atoms with Crippen molar-refractivity contribution >= 4 is 11.6 Å². The van der Waals surface area contributed by atoms with Gasteiger partial charge in [0.05, 0.1) is 5.02 Å². The molecular weight excluding hydrogens is 213 g/mol. The van der Waals surface area contributed by atoms with Crippen molar-refractivity contribution in [1.82, 2.24) is 0 Å². The fourth-order valence-electron chi connectivity index (χ4n) is 1.37. The zero-order valence-corrected chi connectivity index (χ0v) is 9.52. The van der Waals surface area contributed by atoms with Crippen molar-refractivity contribution in [3.8, 4) is 0 Å². The summed E-state index contributed by atoms with van der Waals surface area (Å²) in [7, 11) is 0. The van der Waals surface area contributed by atoms with Gasteiger partial charge in [-0.1, -0.05) is 29.3 Å². The van der Waals surface area contributed by atoms with Crippen molar-refractivity contribution in [2.24, 2.45) is 5.73 Å². The van der Waals surface area contributed by atoms with E-state index in [9.17, 15) is 4.39 Å². The lowest BCUT2D eigenvalue weighted by molar-refractivity contribution is 0.626. The molecule has 0 fully saturated rings. The molecule has 2 N–H and O–H groups in total. The lowest BCUT2D eigenvalue weighted by Crippen LogP contribution is -1.97. The normalized spacial score (nSPS) is 11.9. The lowest BCUT2D eigenvalue weighted by Gasteiger charge is -2.03. The van der Waals surface area contributed by atoms with Crippen LogP contribution in [0.15, 0.2) is 29.8 Å². The zero-order valence-electron chi connectivity index (χ0n) is 8.76. The van der Waals surface area contributed by atoms with Crippen molar-refractivity contribution in [3.63, 3.8) is 0 Å². The van der Waals surface area contributed by atoms with E-state index in [4.69, 9.17) is 17.3 Å². The van der Waals surface area contributed by atoms with E-state index in [0.29, 0.717) is 6.54 Å². The van der Waals surface area contributed by atoms with E-state index in [1.54, 1.807) is 6.07 Å². The summed E-state index contributed by atoms with van der Waals surface area (Å²) in [5, 5.41) is 0.169. The summed E-state index contributed by atoms with van der Waals surface area (Å²) in [5.74, 6) is -0.360. The summed E-state index contributed by atoms with van der Waals surface area (Å²) < 4.78 is 13.1. The molecule has 1 nitrogen and oxygen atoms in total. The Morgan fingerprint density at radius 1 is 1.53 bits per heavy atom. The molecule has 0 unspecified atom stereocenters. The average molecular weight is 228 g/mol. The van der Waals surface area contributed by atoms with Gasteiger partial charge in [-0.25, -0.2) is 4.39 Å². The molecule has 0 atom stereocenters. The Labute approximate surface area is 94.7 Å². The molecule has 82 valence electrons. The maximum absolute atomic E-state index is 13.1. The summed E-state index contributed by atoms with van der Waals surface area (Å²) in [6, 6.07) is 4.90. The maximum atomic E-state index is 13.1. The average Bonchev–Trinajstić information content (AvgIpc) is 2.20. The van der Waals surface area contributed by atoms with E-state index in [0.717, 1.165) is 18.4 Å². The predicted molar refractivity (Wildman–Crippen MR) is 62.5 cm³/mol. The molecule has 0 aliphatic carbocycles. The summed E-state index contributed by atoms with van der Waals surface area (Å²) >= 11 is 5.59. The molecule has 1 aromatic carbocycles. The number of nitrogens with two attached hydrogens (primary N) is 1. The van der Waals surface area contributed by atoms with E-state index in [2.05, 4.69) is 6.08 Å². The number of benzene rings is 1. The van der Waals surface area contributed by atoms with E-state index in [-0.39, 0.29) is 10.8 Å². The van der Waals surface area contributed by atoms with Crippen LogP contribution in [-0.2, 0) is 6.42 Å². The number of allylic oxidation sites excluding steroid dienone is 1. The highest BCUT2D eigenvalue weighted by Crippen LogP contribution is 2.17. The molecule has 0 heterocycles. The molecule has 3 heteroatoms. The molecule has 0 radical (unpaired) electrons. The third-order valence-corrected chi connectivity index (χ3v) is 2.43. The van der Waals surface area contributed by atoms with Gasteiger partial charge in [0.2, 0.25) is 0 Å². The first kappa shape index (κ1) is 12.2. The number of hydrogen-bond donors (Lipinski definition) is 1. The molecule has 0 saturated heterocycles. The second kappa shape index (κ2) is 5.89. The van der Waals surface area contributed by atoms with Crippen molar-refractivity contribution in [2.45, 2.75) is 19.8 Å². The zero-order chi connectivity index (χ0) is 11.3. The van der Waals surface area contributed by atoms with Crippen molar-refractivity contribution in [2.75, 3.05) is 6.54 Å². The Bertz CT molecular complexity index is 361. The minimum absolute atomic E-state index is 0.169. The summed E-state index contributed by atoms with van der Waals surface area (Å²) in [5.41, 5.74) is 7.52. The summed E-state index contributed by atoms with van der Waals surface area (Å²) in [6.07, 6.45) is 3.68. The van der Waals surface area contributed by atoms with Crippen molar-refractivity contribution < 1.29 is 4.39 Å². The van der Waals surface area contributed by atoms with Crippen LogP contribution in [0.1, 0.15) is 18.9 Å². The molecule has 0 aliphatic heterocycles. The van der Waals surface area contributed by atoms with Gasteiger partial charge in [-0.05, 0) is 44.0 Å². The molecular formula is C12H15ClFN. The highest BCUT2D eigenvalue weighted by molar-refractivity contribution is 6.30. The Morgan fingerprint density at radius 3 is 2.87 bits per heavy atom. The topological polar surface area (TPSA) is 26.0 Å². The van der Waals surface area contributed by atoms with Crippen molar-refractivity contribution in [1.29, 1.82) is 0 Å². The second-order valence-electron chi connectivity index (χ2n) is 3.55. The molecule has 1 aromatic rings. The quantitative estimate of drug-likeness (QED) is 0.785. The molecule has 0 aliphatic rings. The fourth-order valence-corrected chi connectivity index (χ4v) is 1.49. The monoisotopic (exact) mass is 227 g/mol. The molecule has 0 bridgehead atoms. The van der Waals surface area contributed by atoms with Gasteiger partial charge in [0.25, 0.3) is 0 Å². The van der Waals surface area contributed by atoms with Gasteiger partial charge in [-0.3, -0.25) is 0 Å². The largest absolute Gasteiger partial charge is 0.330 e. The Kier molecular flexibility index (Phi) is 4.79. The minimum Gasteiger partial charge on any atom is -0.330 e. The molecule has 15 heavy (non-hydrogen) atoms. The molecule has 0 saturated carbocycles. The number of halogens is 2. The van der Waals surface area contributed by atoms with Gasteiger partial charge < -0.3 is 5.73 Å². The van der Waals surface area contributed by atoms with E-state index in [1.807, 2.05) is 13.0 Å². The van der Waals surface area contributed by atoms with Gasteiger partial charge in [0.1, 0.15) is 5.82 Å². The molecule has 1 rings (SSSR count). The van der Waals surface area contributed by atoms with Gasteiger partial charge in [0, 0.05) is 0 Å². The first-order chi connectivity index (χ1) is 7.13. The SMILES string of the molecule is C/C(=C/CCN)Cc1ccc(Cl)c(F)c1. The number of rotatable bonds is 4. The van der Waals surface area contributed by atoms with E-state index in [1.165, 1.54) is 11.6 Å². The smallest absolute Gasteiger partial charge is 0.142 e. The first-order valence-electron chi connectivity index (χ1n) is 4.93. The standard InChI is InChI=1S/C12H15ClFN/c1-9(3-2-6-15)7-10-4-5-11(13)12(14)8-10/h3-5,8H,2,6-7,15H2,1H3/b9-3-. The fraction of sp³-hybridized carbons (Fsp3) is 0.333. The summed E-state index contributed by atoms with van der Waals surface area (Å²) in [4.78, 5) is 0. The highest BCUT2D eigenvalue weighted by atomic mass is 35.5. The lowest BCUT2D eigenvalue weighted by atomic mass is 10.1. The van der Waals surface area contributed by atoms with Crippen LogP contribution in [0.4, 0.5) is 4.39 Å². The van der Waals surface area contributed by atoms with Crippen LogP contribution in [0, 0.1) is 5.82 Å². The van der Waals surface area contributed by atoms with Crippen LogP contribution in [-0.4, -0.2) is 6.54 Å². The third kappa shape index (κ3) is 4.02. The van der Waals surface area contributed by atoms with Gasteiger partial charge in [-0.15, -0.1) is 0 Å². The van der Waals surface area contributed by atoms with E-state index >= 15 is 0 Å². The van der Waals surface area contributed by atoms with Crippen LogP contribution in [0.3, 0.4) is 0 Å². The van der Waals surface area contributed by atoms with Crippen LogP contribution in [0.5, 0.6) is 0 Å². The second-order valence-corrected chi connectivity index (χ2v) is 3.96. The first-order valence-corrected chi connectivity index (χ1v) is 5.31. The third-order valence-electron chi connectivity index (χ3n) is 2.13. The van der Waals surface area contributed by atoms with Crippen LogP contribution < -0.4 is 5.73 Å². The van der Waals surface area contributed by atoms with Crippen LogP contribution >= 0.6 is 11.6 Å². The Morgan fingerprint density at radius 2 is 2.27 bits per heavy atom. The van der Waals surface area contributed by atoms with Gasteiger partial charge in [0.15, 0.2) is 0 Å². The van der Waals surface area contributed by atoms with Gasteiger partial charge in [-0.2, -0.15) is 0 Å². The Balaban J connectivity index is 2.68. The van der Waals surface area contributed by atoms with Crippen LogP contribution in [0.2, 0.25) is 5.02 Å². The molecule has 0 aromatic heterocycles. The molecule has 0 amide bonds. The maximum Gasteiger partial charge on any atom is 0.142 e. The molecule has 0 spiro atoms. The van der Waals surface area contributed by atoms with Crippen molar-refractivity contribution in [3.05, 3.63) is 46.3 Å². The summed E-state index contributed by atoms with van der Waals surface area (Å²) in [6.45, 7) is 2.66. The minimum atomic E-state index is -0.360. The van der Waals surface area contributed by atoms with Gasteiger partial charge >= 0.3 is 0 Å². The number of hydrogen-bond acceptors (Lipinski definition) is 1. The van der Waals surface area contributed by atoms with Crippen LogP contribution in [0.25, 0.3) is 0 Å².